The van der Waals surface area contributed by atoms with Crippen LogP contribution >= 0.6 is 0 Å². The first-order valence-corrected chi connectivity index (χ1v) is 5.37. The van der Waals surface area contributed by atoms with Crippen molar-refractivity contribution >= 4 is 5.69 Å². The number of nitriles is 1. The summed E-state index contributed by atoms with van der Waals surface area (Å²) in [6.45, 7) is 0.652. The van der Waals surface area contributed by atoms with Gasteiger partial charge in [0.25, 0.3) is 0 Å². The monoisotopic (exact) mass is 238 g/mol. The third kappa shape index (κ3) is 1.91. The van der Waals surface area contributed by atoms with Gasteiger partial charge < -0.3 is 9.64 Å². The zero-order valence-electron chi connectivity index (χ0n) is 9.41. The zero-order valence-corrected chi connectivity index (χ0v) is 9.41. The Hall–Kier alpha value is -1.83. The summed E-state index contributed by atoms with van der Waals surface area (Å²) in [7, 11) is 1.29. The van der Waals surface area contributed by atoms with E-state index in [1.807, 2.05) is 0 Å². The molecule has 1 atom stereocenters. The summed E-state index contributed by atoms with van der Waals surface area (Å²) in [5.74, 6) is -2.08. The van der Waals surface area contributed by atoms with Gasteiger partial charge in [0.15, 0.2) is 11.6 Å². The first kappa shape index (κ1) is 11.6. The van der Waals surface area contributed by atoms with Gasteiger partial charge in [-0.25, -0.2) is 4.39 Å². The highest BCUT2D eigenvalue weighted by Gasteiger charge is 2.28. The van der Waals surface area contributed by atoms with Gasteiger partial charge in [0.05, 0.1) is 18.9 Å². The van der Waals surface area contributed by atoms with Gasteiger partial charge in [-0.15, -0.1) is 0 Å². The van der Waals surface area contributed by atoms with Gasteiger partial charge in [-0.1, -0.05) is 0 Å². The summed E-state index contributed by atoms with van der Waals surface area (Å²) >= 11 is 0. The highest BCUT2D eigenvalue weighted by molar-refractivity contribution is 5.61. The molecule has 0 saturated carbocycles. The van der Waals surface area contributed by atoms with E-state index in [2.05, 4.69) is 6.07 Å². The fourth-order valence-corrected chi connectivity index (χ4v) is 2.13. The molecule has 0 bridgehead atoms. The Morgan fingerprint density at radius 3 is 2.88 bits per heavy atom. The first-order valence-electron chi connectivity index (χ1n) is 5.37. The Kier molecular flexibility index (Phi) is 3.14. The molecule has 0 radical (unpaired) electrons. The molecular formula is C12H12F2N2O. The van der Waals surface area contributed by atoms with Crippen LogP contribution in [0.25, 0.3) is 0 Å². The number of hydrogen-bond donors (Lipinski definition) is 0. The minimum Gasteiger partial charge on any atom is -0.491 e. The van der Waals surface area contributed by atoms with Gasteiger partial charge in [-0.05, 0) is 25.0 Å². The molecule has 2 rings (SSSR count). The van der Waals surface area contributed by atoms with Crippen molar-refractivity contribution in [3.8, 4) is 11.8 Å². The lowest BCUT2D eigenvalue weighted by atomic mass is 10.2. The van der Waals surface area contributed by atoms with E-state index in [0.717, 1.165) is 18.9 Å². The molecule has 1 aromatic carbocycles. The SMILES string of the molecule is COc1c(N2CCCC2C#N)ccc(F)c1F. The van der Waals surface area contributed by atoms with Gasteiger partial charge in [0, 0.05) is 6.54 Å². The summed E-state index contributed by atoms with van der Waals surface area (Å²) in [6.07, 6.45) is 1.60. The molecule has 1 aliphatic rings. The number of methoxy groups -OCH3 is 1. The van der Waals surface area contributed by atoms with Crippen LogP contribution in [0.15, 0.2) is 12.1 Å². The molecule has 0 N–H and O–H groups in total. The Labute approximate surface area is 98.2 Å². The molecule has 0 spiro atoms. The molecule has 1 saturated heterocycles. The fraction of sp³-hybridized carbons (Fsp3) is 0.417. The van der Waals surface area contributed by atoms with Crippen LogP contribution < -0.4 is 9.64 Å². The van der Waals surface area contributed by atoms with Crippen molar-refractivity contribution in [1.29, 1.82) is 5.26 Å². The molecule has 0 aliphatic carbocycles. The standard InChI is InChI=1S/C12H12F2N2O/c1-17-12-10(5-4-9(13)11(12)14)16-6-2-3-8(16)7-15/h4-5,8H,2-3,6H2,1H3. The summed E-state index contributed by atoms with van der Waals surface area (Å²) in [4.78, 5) is 1.75. The Morgan fingerprint density at radius 1 is 1.47 bits per heavy atom. The molecule has 1 fully saturated rings. The molecule has 1 aromatic rings. The van der Waals surface area contributed by atoms with E-state index in [9.17, 15) is 8.78 Å². The third-order valence-electron chi connectivity index (χ3n) is 2.94. The lowest BCUT2D eigenvalue weighted by Crippen LogP contribution is -2.28. The largest absolute Gasteiger partial charge is 0.491 e. The topological polar surface area (TPSA) is 36.3 Å². The van der Waals surface area contributed by atoms with Crippen molar-refractivity contribution in [2.24, 2.45) is 0 Å². The van der Waals surface area contributed by atoms with Gasteiger partial charge >= 0.3 is 0 Å². The van der Waals surface area contributed by atoms with E-state index in [4.69, 9.17) is 10.00 Å². The van der Waals surface area contributed by atoms with Crippen LogP contribution in [0, 0.1) is 23.0 Å². The highest BCUT2D eigenvalue weighted by atomic mass is 19.2. The van der Waals surface area contributed by atoms with E-state index >= 15 is 0 Å². The molecular weight excluding hydrogens is 226 g/mol. The second-order valence-corrected chi connectivity index (χ2v) is 3.89. The second kappa shape index (κ2) is 4.58. The molecule has 5 heteroatoms. The maximum atomic E-state index is 13.5. The number of ether oxygens (including phenoxy) is 1. The molecule has 1 heterocycles. The van der Waals surface area contributed by atoms with E-state index in [-0.39, 0.29) is 11.8 Å². The zero-order chi connectivity index (χ0) is 12.4. The van der Waals surface area contributed by atoms with Crippen molar-refractivity contribution in [1.82, 2.24) is 0 Å². The van der Waals surface area contributed by atoms with Crippen LogP contribution in [0.1, 0.15) is 12.8 Å². The van der Waals surface area contributed by atoms with Gasteiger partial charge in [0.1, 0.15) is 6.04 Å². The summed E-state index contributed by atoms with van der Waals surface area (Å²) in [5, 5.41) is 8.98. The summed E-state index contributed by atoms with van der Waals surface area (Å²) in [6, 6.07) is 4.36. The number of hydrogen-bond acceptors (Lipinski definition) is 3. The van der Waals surface area contributed by atoms with Gasteiger partial charge in [-0.3, -0.25) is 0 Å². The molecule has 90 valence electrons. The number of anilines is 1. The summed E-state index contributed by atoms with van der Waals surface area (Å²) < 4.78 is 31.5. The van der Waals surface area contributed by atoms with Crippen molar-refractivity contribution in [2.45, 2.75) is 18.9 Å². The predicted molar refractivity (Wildman–Crippen MR) is 58.9 cm³/mol. The Morgan fingerprint density at radius 2 is 2.24 bits per heavy atom. The van der Waals surface area contributed by atoms with Crippen LogP contribution in [0.2, 0.25) is 0 Å². The summed E-state index contributed by atoms with van der Waals surface area (Å²) in [5.41, 5.74) is 0.440. The molecule has 3 nitrogen and oxygen atoms in total. The molecule has 0 aromatic heterocycles. The number of nitrogens with zero attached hydrogens (tertiary/aromatic N) is 2. The highest BCUT2D eigenvalue weighted by Crippen LogP contribution is 2.36. The van der Waals surface area contributed by atoms with Crippen molar-refractivity contribution in [2.75, 3.05) is 18.6 Å². The molecule has 17 heavy (non-hydrogen) atoms. The lowest BCUT2D eigenvalue weighted by Gasteiger charge is -2.24. The number of halogens is 2. The number of benzene rings is 1. The van der Waals surface area contributed by atoms with Crippen LogP contribution in [-0.4, -0.2) is 19.7 Å². The fourth-order valence-electron chi connectivity index (χ4n) is 2.13. The van der Waals surface area contributed by atoms with Crippen molar-refractivity contribution in [3.63, 3.8) is 0 Å². The van der Waals surface area contributed by atoms with E-state index in [1.165, 1.54) is 13.2 Å². The minimum absolute atomic E-state index is 0.132. The van der Waals surface area contributed by atoms with E-state index in [1.54, 1.807) is 4.90 Å². The van der Waals surface area contributed by atoms with Crippen molar-refractivity contribution in [3.05, 3.63) is 23.8 Å². The van der Waals surface area contributed by atoms with Gasteiger partial charge in [-0.2, -0.15) is 9.65 Å². The smallest absolute Gasteiger partial charge is 0.202 e. The number of rotatable bonds is 2. The van der Waals surface area contributed by atoms with E-state index < -0.39 is 11.6 Å². The maximum Gasteiger partial charge on any atom is 0.202 e. The Balaban J connectivity index is 2.45. The van der Waals surface area contributed by atoms with Gasteiger partial charge in [0.2, 0.25) is 5.82 Å². The van der Waals surface area contributed by atoms with Crippen LogP contribution in [0.5, 0.6) is 5.75 Å². The normalized spacial score (nSPS) is 19.2. The van der Waals surface area contributed by atoms with E-state index in [0.29, 0.717) is 12.2 Å². The predicted octanol–water partition coefficient (Wildman–Crippen LogP) is 2.47. The maximum absolute atomic E-state index is 13.5. The average Bonchev–Trinajstić information content (AvgIpc) is 2.80. The minimum atomic E-state index is -1.01. The average molecular weight is 238 g/mol. The molecule has 1 unspecified atom stereocenters. The van der Waals surface area contributed by atoms with Crippen LogP contribution in [-0.2, 0) is 0 Å². The molecule has 1 aliphatic heterocycles. The second-order valence-electron chi connectivity index (χ2n) is 3.89. The van der Waals surface area contributed by atoms with Crippen LogP contribution in [0.4, 0.5) is 14.5 Å². The third-order valence-corrected chi connectivity index (χ3v) is 2.94. The Bertz CT molecular complexity index is 470. The van der Waals surface area contributed by atoms with Crippen LogP contribution in [0.3, 0.4) is 0 Å². The first-order chi connectivity index (χ1) is 8.19. The quantitative estimate of drug-likeness (QED) is 0.794. The lowest BCUT2D eigenvalue weighted by molar-refractivity contribution is 0.372. The van der Waals surface area contributed by atoms with Crippen molar-refractivity contribution < 1.29 is 13.5 Å². The molecule has 0 amide bonds.